The van der Waals surface area contributed by atoms with E-state index in [2.05, 4.69) is 23.7 Å². The van der Waals surface area contributed by atoms with Gasteiger partial charge < -0.3 is 14.2 Å². The molecule has 0 N–H and O–H groups in total. The number of esters is 1. The molecule has 2 aromatic carbocycles. The quantitative estimate of drug-likeness (QED) is 0.134. The minimum Gasteiger partial charge on any atom is -0.494 e. The van der Waals surface area contributed by atoms with E-state index in [0.29, 0.717) is 13.2 Å². The molecule has 0 aliphatic rings. The molecule has 0 amide bonds. The van der Waals surface area contributed by atoms with Crippen LogP contribution < -0.4 is 9.47 Å². The van der Waals surface area contributed by atoms with Crippen LogP contribution in [0.1, 0.15) is 45.4 Å². The Kier molecular flexibility index (Phi) is 11.5. The summed E-state index contributed by atoms with van der Waals surface area (Å²) in [7, 11) is 0. The van der Waals surface area contributed by atoms with Crippen molar-refractivity contribution in [2.45, 2.75) is 45.4 Å². The summed E-state index contributed by atoms with van der Waals surface area (Å²) in [5.74, 6) is 1.27. The number of nitrogens with zero attached hydrogens (tertiary/aromatic N) is 2. The van der Waals surface area contributed by atoms with Gasteiger partial charge in [0.05, 0.1) is 31.2 Å². The molecule has 2 rings (SSSR count). The Labute approximate surface area is 184 Å². The monoisotopic (exact) mass is 424 g/mol. The molecule has 0 saturated carbocycles. The summed E-state index contributed by atoms with van der Waals surface area (Å²) in [6.07, 6.45) is 7.26. The van der Waals surface area contributed by atoms with Crippen molar-refractivity contribution in [2.75, 3.05) is 19.8 Å². The van der Waals surface area contributed by atoms with E-state index in [1.54, 1.807) is 0 Å². The Morgan fingerprint density at radius 2 is 1.26 bits per heavy atom. The van der Waals surface area contributed by atoms with E-state index in [9.17, 15) is 4.79 Å². The average molecular weight is 425 g/mol. The standard InChI is InChI=1S/C25H32N2O4/c1-3-5-7-18-29-23-14-10-21(11-15-23)26-27-22-12-16-24(17-13-22)30-19-8-6-9-20-31-25(28)4-2/h4,10-17H,2-3,5-9,18-20H2,1H3. The molecule has 6 nitrogen and oxygen atoms in total. The predicted molar refractivity (Wildman–Crippen MR) is 123 cm³/mol. The van der Waals surface area contributed by atoms with E-state index in [4.69, 9.17) is 14.2 Å². The van der Waals surface area contributed by atoms with Gasteiger partial charge in [0.15, 0.2) is 0 Å². The number of azo groups is 1. The van der Waals surface area contributed by atoms with Gasteiger partial charge in [-0.25, -0.2) is 4.79 Å². The zero-order chi connectivity index (χ0) is 22.2. The number of ether oxygens (including phenoxy) is 3. The van der Waals surface area contributed by atoms with E-state index >= 15 is 0 Å². The van der Waals surface area contributed by atoms with Crippen LogP contribution in [-0.4, -0.2) is 25.8 Å². The fraction of sp³-hybridized carbons (Fsp3) is 0.400. The van der Waals surface area contributed by atoms with Gasteiger partial charge in [-0.15, -0.1) is 0 Å². The minimum absolute atomic E-state index is 0.377. The van der Waals surface area contributed by atoms with Crippen LogP contribution in [0.2, 0.25) is 0 Å². The third kappa shape index (κ3) is 10.4. The smallest absolute Gasteiger partial charge is 0.330 e. The van der Waals surface area contributed by atoms with E-state index in [-0.39, 0.29) is 5.97 Å². The molecule has 2 aromatic rings. The molecule has 0 unspecified atom stereocenters. The van der Waals surface area contributed by atoms with E-state index in [1.807, 2.05) is 48.5 Å². The second kappa shape index (κ2) is 14.8. The molecule has 0 aliphatic carbocycles. The minimum atomic E-state index is -0.377. The van der Waals surface area contributed by atoms with Crippen molar-refractivity contribution in [1.29, 1.82) is 0 Å². The molecule has 0 aliphatic heterocycles. The summed E-state index contributed by atoms with van der Waals surface area (Å²) in [6, 6.07) is 15.1. The highest BCUT2D eigenvalue weighted by molar-refractivity contribution is 5.81. The molecule has 0 heterocycles. The van der Waals surface area contributed by atoms with Gasteiger partial charge in [-0.2, -0.15) is 10.2 Å². The van der Waals surface area contributed by atoms with Crippen LogP contribution in [-0.2, 0) is 9.53 Å². The lowest BCUT2D eigenvalue weighted by Gasteiger charge is -2.06. The third-order valence-electron chi connectivity index (χ3n) is 4.44. The molecule has 0 spiro atoms. The van der Waals surface area contributed by atoms with Gasteiger partial charge in [0, 0.05) is 6.08 Å². The molecule has 0 saturated heterocycles. The summed E-state index contributed by atoms with van der Waals surface area (Å²) in [6.45, 7) is 7.31. The number of carbonyl (C=O) groups is 1. The zero-order valence-corrected chi connectivity index (χ0v) is 18.3. The highest BCUT2D eigenvalue weighted by Gasteiger charge is 1.99. The second-order valence-corrected chi connectivity index (χ2v) is 7.02. The second-order valence-electron chi connectivity index (χ2n) is 7.02. The van der Waals surface area contributed by atoms with Gasteiger partial charge in [0.1, 0.15) is 11.5 Å². The van der Waals surface area contributed by atoms with Crippen molar-refractivity contribution in [2.24, 2.45) is 10.2 Å². The van der Waals surface area contributed by atoms with Crippen molar-refractivity contribution in [3.63, 3.8) is 0 Å². The van der Waals surface area contributed by atoms with Crippen LogP contribution in [0.4, 0.5) is 11.4 Å². The molecule has 6 heteroatoms. The van der Waals surface area contributed by atoms with Crippen molar-refractivity contribution >= 4 is 17.3 Å². The van der Waals surface area contributed by atoms with E-state index in [1.165, 1.54) is 18.9 Å². The summed E-state index contributed by atoms with van der Waals surface area (Å²) < 4.78 is 16.4. The topological polar surface area (TPSA) is 69.5 Å². The Bertz CT molecular complexity index is 801. The number of hydrogen-bond donors (Lipinski definition) is 0. The lowest BCUT2D eigenvalue weighted by atomic mass is 10.2. The number of carbonyl (C=O) groups excluding carboxylic acids is 1. The third-order valence-corrected chi connectivity index (χ3v) is 4.44. The molecule has 0 radical (unpaired) electrons. The lowest BCUT2D eigenvalue weighted by Crippen LogP contribution is -2.03. The normalized spacial score (nSPS) is 10.7. The Hall–Kier alpha value is -3.15. The Balaban J connectivity index is 1.66. The van der Waals surface area contributed by atoms with Gasteiger partial charge in [-0.3, -0.25) is 0 Å². The number of hydrogen-bond acceptors (Lipinski definition) is 6. The van der Waals surface area contributed by atoms with Gasteiger partial charge in [0.2, 0.25) is 0 Å². The Morgan fingerprint density at radius 3 is 1.74 bits per heavy atom. The molecule has 0 atom stereocenters. The van der Waals surface area contributed by atoms with Crippen molar-refractivity contribution in [3.8, 4) is 11.5 Å². The number of unbranched alkanes of at least 4 members (excludes halogenated alkanes) is 4. The first kappa shape index (κ1) is 24.1. The fourth-order valence-electron chi connectivity index (χ4n) is 2.68. The largest absolute Gasteiger partial charge is 0.494 e. The maximum atomic E-state index is 10.9. The first-order valence-corrected chi connectivity index (χ1v) is 10.9. The van der Waals surface area contributed by atoms with Gasteiger partial charge >= 0.3 is 5.97 Å². The van der Waals surface area contributed by atoms with Crippen LogP contribution in [0.5, 0.6) is 11.5 Å². The van der Waals surface area contributed by atoms with Crippen LogP contribution in [0.15, 0.2) is 71.4 Å². The maximum absolute atomic E-state index is 10.9. The van der Waals surface area contributed by atoms with Crippen LogP contribution in [0, 0.1) is 0 Å². The van der Waals surface area contributed by atoms with Crippen LogP contribution in [0.3, 0.4) is 0 Å². The SMILES string of the molecule is C=CC(=O)OCCCCCOc1ccc(N=Nc2ccc(OCCCCC)cc2)cc1. The molecule has 166 valence electrons. The van der Waals surface area contributed by atoms with Gasteiger partial charge in [-0.1, -0.05) is 26.3 Å². The molecule has 0 bridgehead atoms. The Morgan fingerprint density at radius 1 is 0.774 bits per heavy atom. The molecular formula is C25H32N2O4. The van der Waals surface area contributed by atoms with Crippen molar-refractivity contribution in [1.82, 2.24) is 0 Å². The van der Waals surface area contributed by atoms with Gasteiger partial charge in [0.25, 0.3) is 0 Å². The van der Waals surface area contributed by atoms with Crippen molar-refractivity contribution < 1.29 is 19.0 Å². The predicted octanol–water partition coefficient (Wildman–Crippen LogP) is 6.95. The van der Waals surface area contributed by atoms with E-state index < -0.39 is 0 Å². The lowest BCUT2D eigenvalue weighted by molar-refractivity contribution is -0.137. The summed E-state index contributed by atoms with van der Waals surface area (Å²) in [5.41, 5.74) is 1.54. The zero-order valence-electron chi connectivity index (χ0n) is 18.3. The fourth-order valence-corrected chi connectivity index (χ4v) is 2.68. The van der Waals surface area contributed by atoms with Crippen molar-refractivity contribution in [3.05, 3.63) is 61.2 Å². The van der Waals surface area contributed by atoms with E-state index in [0.717, 1.165) is 55.2 Å². The van der Waals surface area contributed by atoms with Crippen LogP contribution in [0.25, 0.3) is 0 Å². The first-order chi connectivity index (χ1) is 15.2. The highest BCUT2D eigenvalue weighted by atomic mass is 16.5. The number of rotatable bonds is 15. The maximum Gasteiger partial charge on any atom is 0.330 e. The first-order valence-electron chi connectivity index (χ1n) is 10.9. The molecule has 0 aromatic heterocycles. The summed E-state index contributed by atoms with van der Waals surface area (Å²) >= 11 is 0. The molecule has 31 heavy (non-hydrogen) atoms. The number of benzene rings is 2. The molecular weight excluding hydrogens is 392 g/mol. The van der Waals surface area contributed by atoms with Crippen LogP contribution >= 0.6 is 0 Å². The van der Waals surface area contributed by atoms with Gasteiger partial charge in [-0.05, 0) is 74.2 Å². The summed E-state index contributed by atoms with van der Waals surface area (Å²) in [5, 5.41) is 8.53. The summed E-state index contributed by atoms with van der Waals surface area (Å²) in [4.78, 5) is 10.9. The average Bonchev–Trinajstić information content (AvgIpc) is 2.81. The molecule has 0 fully saturated rings. The highest BCUT2D eigenvalue weighted by Crippen LogP contribution is 2.23.